The van der Waals surface area contributed by atoms with E-state index in [2.05, 4.69) is 27.6 Å². The molecule has 0 bridgehead atoms. The number of aromatic amines is 1. The molecule has 0 radical (unpaired) electrons. The van der Waals surface area contributed by atoms with Crippen LogP contribution in [0.15, 0.2) is 30.5 Å². The molecule has 2 rings (SSSR count). The summed E-state index contributed by atoms with van der Waals surface area (Å²) in [4.78, 5) is 0. The Bertz CT molecular complexity index is 462. The Morgan fingerprint density at radius 2 is 2.06 bits per heavy atom. The molecule has 0 saturated heterocycles. The molecule has 90 valence electrons. The van der Waals surface area contributed by atoms with Crippen molar-refractivity contribution >= 4 is 11.6 Å². The van der Waals surface area contributed by atoms with Gasteiger partial charge in [-0.1, -0.05) is 23.7 Å². The molecule has 1 aromatic heterocycles. The lowest BCUT2D eigenvalue weighted by molar-refractivity contribution is 0.685. The number of halogens is 1. The van der Waals surface area contributed by atoms with Crippen LogP contribution in [0.3, 0.4) is 0 Å². The van der Waals surface area contributed by atoms with E-state index >= 15 is 0 Å². The number of benzene rings is 1. The fourth-order valence-electron chi connectivity index (χ4n) is 1.66. The van der Waals surface area contributed by atoms with Crippen LogP contribution in [0.2, 0.25) is 5.02 Å². The average molecular weight is 250 g/mol. The van der Waals surface area contributed by atoms with Crippen LogP contribution in [0, 0.1) is 6.92 Å². The maximum Gasteiger partial charge on any atom is 0.0535 e. The summed E-state index contributed by atoms with van der Waals surface area (Å²) >= 11 is 5.83. The third-order valence-electron chi connectivity index (χ3n) is 2.75. The first kappa shape index (κ1) is 12.1. The first-order chi connectivity index (χ1) is 8.25. The molecule has 0 fully saturated rings. The molecule has 0 aliphatic rings. The quantitative estimate of drug-likeness (QED) is 0.800. The SMILES string of the molecule is Cc1[nH]ncc1CNCCc1ccc(Cl)cc1. The Morgan fingerprint density at radius 1 is 1.29 bits per heavy atom. The highest BCUT2D eigenvalue weighted by molar-refractivity contribution is 6.30. The van der Waals surface area contributed by atoms with Crippen molar-refractivity contribution in [1.82, 2.24) is 15.5 Å². The molecule has 17 heavy (non-hydrogen) atoms. The molecule has 2 N–H and O–H groups in total. The standard InChI is InChI=1S/C13H16ClN3/c1-10-12(9-16-17-10)8-15-7-6-11-2-4-13(14)5-3-11/h2-5,9,15H,6-8H2,1H3,(H,16,17). The number of aryl methyl sites for hydroxylation is 1. The number of nitrogens with zero attached hydrogens (tertiary/aromatic N) is 1. The van der Waals surface area contributed by atoms with Gasteiger partial charge in [-0.3, -0.25) is 5.10 Å². The second-order valence-electron chi connectivity index (χ2n) is 4.07. The molecule has 3 nitrogen and oxygen atoms in total. The summed E-state index contributed by atoms with van der Waals surface area (Å²) in [6.07, 6.45) is 2.87. The van der Waals surface area contributed by atoms with Gasteiger partial charge < -0.3 is 5.32 Å². The van der Waals surface area contributed by atoms with Crippen LogP contribution >= 0.6 is 11.6 Å². The Kier molecular flexibility index (Phi) is 4.18. The summed E-state index contributed by atoms with van der Waals surface area (Å²) in [5, 5.41) is 11.1. The van der Waals surface area contributed by atoms with E-state index in [9.17, 15) is 0 Å². The van der Waals surface area contributed by atoms with E-state index in [0.29, 0.717) is 0 Å². The van der Waals surface area contributed by atoms with Gasteiger partial charge >= 0.3 is 0 Å². The topological polar surface area (TPSA) is 40.7 Å². The predicted molar refractivity (Wildman–Crippen MR) is 70.2 cm³/mol. The third-order valence-corrected chi connectivity index (χ3v) is 3.01. The number of hydrogen-bond donors (Lipinski definition) is 2. The largest absolute Gasteiger partial charge is 0.312 e. The van der Waals surface area contributed by atoms with Crippen molar-refractivity contribution in [2.45, 2.75) is 19.9 Å². The predicted octanol–water partition coefficient (Wildman–Crippen LogP) is 2.70. The zero-order valence-corrected chi connectivity index (χ0v) is 10.6. The Morgan fingerprint density at radius 3 is 2.71 bits per heavy atom. The third kappa shape index (κ3) is 3.58. The summed E-state index contributed by atoms with van der Waals surface area (Å²) in [6.45, 7) is 3.84. The molecule has 0 unspecified atom stereocenters. The van der Waals surface area contributed by atoms with Gasteiger partial charge in [0, 0.05) is 22.8 Å². The van der Waals surface area contributed by atoms with Gasteiger partial charge in [-0.15, -0.1) is 0 Å². The molecular formula is C13H16ClN3. The average Bonchev–Trinajstić information content (AvgIpc) is 2.73. The van der Waals surface area contributed by atoms with Crippen LogP contribution in [-0.4, -0.2) is 16.7 Å². The van der Waals surface area contributed by atoms with E-state index in [0.717, 1.165) is 30.2 Å². The van der Waals surface area contributed by atoms with Crippen LogP contribution in [-0.2, 0) is 13.0 Å². The molecule has 0 aliphatic carbocycles. The maximum atomic E-state index is 5.83. The minimum Gasteiger partial charge on any atom is -0.312 e. The summed E-state index contributed by atoms with van der Waals surface area (Å²) in [5.74, 6) is 0. The Labute approximate surface area is 106 Å². The molecule has 1 aromatic carbocycles. The number of rotatable bonds is 5. The number of aromatic nitrogens is 2. The van der Waals surface area contributed by atoms with Crippen LogP contribution in [0.25, 0.3) is 0 Å². The number of H-pyrrole nitrogens is 1. The van der Waals surface area contributed by atoms with Gasteiger partial charge in [0.15, 0.2) is 0 Å². The van der Waals surface area contributed by atoms with Crippen molar-refractivity contribution in [3.8, 4) is 0 Å². The molecule has 0 aliphatic heterocycles. The van der Waals surface area contributed by atoms with Crippen molar-refractivity contribution in [2.24, 2.45) is 0 Å². The monoisotopic (exact) mass is 249 g/mol. The van der Waals surface area contributed by atoms with Gasteiger partial charge in [-0.2, -0.15) is 5.10 Å². The molecule has 1 heterocycles. The van der Waals surface area contributed by atoms with Crippen LogP contribution in [0.4, 0.5) is 0 Å². The lowest BCUT2D eigenvalue weighted by Crippen LogP contribution is -2.16. The highest BCUT2D eigenvalue weighted by atomic mass is 35.5. The summed E-state index contributed by atoms with van der Waals surface area (Å²) in [6, 6.07) is 7.98. The zero-order chi connectivity index (χ0) is 12.1. The van der Waals surface area contributed by atoms with E-state index in [1.165, 1.54) is 11.1 Å². The van der Waals surface area contributed by atoms with Gasteiger partial charge in [0.2, 0.25) is 0 Å². The first-order valence-corrected chi connectivity index (χ1v) is 6.07. The van der Waals surface area contributed by atoms with Gasteiger partial charge in [0.1, 0.15) is 0 Å². The second kappa shape index (κ2) is 5.84. The highest BCUT2D eigenvalue weighted by Crippen LogP contribution is 2.09. The van der Waals surface area contributed by atoms with E-state index in [4.69, 9.17) is 11.6 Å². The fourth-order valence-corrected chi connectivity index (χ4v) is 1.79. The van der Waals surface area contributed by atoms with Gasteiger partial charge in [0.25, 0.3) is 0 Å². The van der Waals surface area contributed by atoms with Crippen molar-refractivity contribution in [3.05, 3.63) is 52.3 Å². The van der Waals surface area contributed by atoms with Crippen LogP contribution in [0.5, 0.6) is 0 Å². The minimum atomic E-state index is 0.788. The van der Waals surface area contributed by atoms with E-state index in [1.54, 1.807) is 0 Å². The molecule has 4 heteroatoms. The van der Waals surface area contributed by atoms with Gasteiger partial charge in [0.05, 0.1) is 6.20 Å². The Hall–Kier alpha value is -1.32. The molecule has 0 spiro atoms. The normalized spacial score (nSPS) is 10.7. The molecule has 0 saturated carbocycles. The summed E-state index contributed by atoms with van der Waals surface area (Å²) in [5.41, 5.74) is 3.65. The van der Waals surface area contributed by atoms with E-state index < -0.39 is 0 Å². The molecular weight excluding hydrogens is 234 g/mol. The summed E-state index contributed by atoms with van der Waals surface area (Å²) in [7, 11) is 0. The number of nitrogens with one attached hydrogen (secondary N) is 2. The first-order valence-electron chi connectivity index (χ1n) is 5.70. The molecule has 0 amide bonds. The van der Waals surface area contributed by atoms with Gasteiger partial charge in [-0.25, -0.2) is 0 Å². The van der Waals surface area contributed by atoms with Crippen molar-refractivity contribution in [3.63, 3.8) is 0 Å². The van der Waals surface area contributed by atoms with E-state index in [-0.39, 0.29) is 0 Å². The lowest BCUT2D eigenvalue weighted by atomic mass is 10.1. The lowest BCUT2D eigenvalue weighted by Gasteiger charge is -2.04. The van der Waals surface area contributed by atoms with Gasteiger partial charge in [-0.05, 0) is 37.6 Å². The fraction of sp³-hybridized carbons (Fsp3) is 0.308. The maximum absolute atomic E-state index is 5.83. The zero-order valence-electron chi connectivity index (χ0n) is 9.83. The van der Waals surface area contributed by atoms with E-state index in [1.807, 2.05) is 25.3 Å². The van der Waals surface area contributed by atoms with Crippen molar-refractivity contribution in [2.75, 3.05) is 6.54 Å². The molecule has 2 aromatic rings. The molecule has 0 atom stereocenters. The van der Waals surface area contributed by atoms with Crippen molar-refractivity contribution in [1.29, 1.82) is 0 Å². The highest BCUT2D eigenvalue weighted by Gasteiger charge is 1.99. The summed E-state index contributed by atoms with van der Waals surface area (Å²) < 4.78 is 0. The van der Waals surface area contributed by atoms with Crippen LogP contribution in [0.1, 0.15) is 16.8 Å². The minimum absolute atomic E-state index is 0.788. The Balaban J connectivity index is 1.73. The number of hydrogen-bond acceptors (Lipinski definition) is 2. The van der Waals surface area contributed by atoms with Crippen molar-refractivity contribution < 1.29 is 0 Å². The smallest absolute Gasteiger partial charge is 0.0535 e. The second-order valence-corrected chi connectivity index (χ2v) is 4.51. The van der Waals surface area contributed by atoms with Crippen LogP contribution < -0.4 is 5.32 Å².